The van der Waals surface area contributed by atoms with Gasteiger partial charge in [-0.15, -0.1) is 0 Å². The third kappa shape index (κ3) is 15.6. The van der Waals surface area contributed by atoms with Crippen LogP contribution in [0.15, 0.2) is 12.2 Å². The van der Waals surface area contributed by atoms with E-state index in [1.54, 1.807) is 0 Å². The molecule has 0 aliphatic rings. The number of hydrogen-bond acceptors (Lipinski definition) is 2. The lowest BCUT2D eigenvalue weighted by Crippen LogP contribution is -2.01. The number of hydrogen-bond donors (Lipinski definition) is 1. The molecule has 0 aromatic heterocycles. The molecule has 0 atom stereocenters. The minimum atomic E-state index is -3.79. The zero-order valence-electron chi connectivity index (χ0n) is 10.9. The van der Waals surface area contributed by atoms with Crippen LogP contribution in [-0.4, -0.2) is 18.7 Å². The molecule has 0 rings (SSSR count). The number of unbranched alkanes of at least 4 members (excludes halogenated alkanes) is 7. The molecule has 17 heavy (non-hydrogen) atoms. The van der Waals surface area contributed by atoms with Crippen LogP contribution in [0.3, 0.4) is 0 Å². The van der Waals surface area contributed by atoms with Gasteiger partial charge in [0.1, 0.15) is 0 Å². The van der Waals surface area contributed by atoms with E-state index in [0.717, 1.165) is 6.42 Å². The average Bonchev–Trinajstić information content (AvgIpc) is 2.24. The molecule has 0 aromatic rings. The van der Waals surface area contributed by atoms with Crippen LogP contribution in [0.5, 0.6) is 0 Å². The van der Waals surface area contributed by atoms with Gasteiger partial charge in [-0.05, 0) is 19.3 Å². The van der Waals surface area contributed by atoms with Crippen molar-refractivity contribution in [1.29, 1.82) is 0 Å². The summed E-state index contributed by atoms with van der Waals surface area (Å²) in [7, 11) is -3.79. The molecule has 0 amide bonds. The smallest absolute Gasteiger partial charge is 0.265 e. The summed E-state index contributed by atoms with van der Waals surface area (Å²) >= 11 is 0. The first kappa shape index (κ1) is 16.6. The molecule has 0 saturated heterocycles. The third-order valence-corrected chi connectivity index (χ3v) is 3.44. The van der Waals surface area contributed by atoms with Crippen LogP contribution in [0.4, 0.5) is 0 Å². The highest BCUT2D eigenvalue weighted by Gasteiger charge is 2.00. The first-order chi connectivity index (χ1) is 8.06. The van der Waals surface area contributed by atoms with E-state index < -0.39 is 10.1 Å². The normalized spacial score (nSPS) is 12.4. The Kier molecular flexibility index (Phi) is 10.6. The average molecular weight is 262 g/mol. The SMILES string of the molecule is CCCCCCCCC/C=C/CCS(=O)(=O)O. The minimum Gasteiger partial charge on any atom is -0.286 e. The van der Waals surface area contributed by atoms with Crippen molar-refractivity contribution in [3.8, 4) is 0 Å². The van der Waals surface area contributed by atoms with Crippen molar-refractivity contribution < 1.29 is 13.0 Å². The van der Waals surface area contributed by atoms with Gasteiger partial charge in [-0.2, -0.15) is 8.42 Å². The molecule has 3 nitrogen and oxygen atoms in total. The van der Waals surface area contributed by atoms with E-state index in [0.29, 0.717) is 6.42 Å². The van der Waals surface area contributed by atoms with Gasteiger partial charge in [0, 0.05) is 0 Å². The van der Waals surface area contributed by atoms with Gasteiger partial charge < -0.3 is 0 Å². The van der Waals surface area contributed by atoms with Crippen molar-refractivity contribution in [3.05, 3.63) is 12.2 Å². The van der Waals surface area contributed by atoms with Gasteiger partial charge in [-0.25, -0.2) is 0 Å². The highest BCUT2D eigenvalue weighted by molar-refractivity contribution is 7.85. The first-order valence-corrected chi connectivity index (χ1v) is 8.27. The second-order valence-corrected chi connectivity index (χ2v) is 6.03. The summed E-state index contributed by atoms with van der Waals surface area (Å²) in [4.78, 5) is 0. The Labute approximate surface area is 106 Å². The molecule has 0 aliphatic heterocycles. The fourth-order valence-corrected chi connectivity index (χ4v) is 2.11. The Morgan fingerprint density at radius 1 is 0.882 bits per heavy atom. The second kappa shape index (κ2) is 10.8. The molecule has 0 fully saturated rings. The zero-order valence-corrected chi connectivity index (χ0v) is 11.7. The standard InChI is InChI=1S/C13H26O3S/c1-2-3-4-5-6-7-8-9-10-11-12-13-17(14,15)16/h10-11H,2-9,12-13H2,1H3,(H,14,15,16)/b11-10+. The predicted octanol–water partition coefficient (Wildman–Crippen LogP) is 3.96. The molecule has 0 heterocycles. The van der Waals surface area contributed by atoms with E-state index in [2.05, 4.69) is 6.92 Å². The molecule has 1 N–H and O–H groups in total. The third-order valence-electron chi connectivity index (χ3n) is 2.68. The molecule has 0 spiro atoms. The second-order valence-electron chi connectivity index (χ2n) is 4.46. The summed E-state index contributed by atoms with van der Waals surface area (Å²) in [6.07, 6.45) is 14.3. The lowest BCUT2D eigenvalue weighted by Gasteiger charge is -1.98. The van der Waals surface area contributed by atoms with E-state index >= 15 is 0 Å². The topological polar surface area (TPSA) is 54.4 Å². The fourth-order valence-electron chi connectivity index (χ4n) is 1.67. The molecule has 0 unspecified atom stereocenters. The van der Waals surface area contributed by atoms with Crippen molar-refractivity contribution in [3.63, 3.8) is 0 Å². The van der Waals surface area contributed by atoms with Crippen molar-refractivity contribution in [2.75, 3.05) is 5.75 Å². The summed E-state index contributed by atoms with van der Waals surface area (Å²) in [6, 6.07) is 0. The van der Waals surface area contributed by atoms with Crippen LogP contribution in [0.2, 0.25) is 0 Å². The monoisotopic (exact) mass is 262 g/mol. The maximum Gasteiger partial charge on any atom is 0.265 e. The van der Waals surface area contributed by atoms with Crippen LogP contribution in [0.25, 0.3) is 0 Å². The molecule has 4 heteroatoms. The Balaban J connectivity index is 3.20. The van der Waals surface area contributed by atoms with Gasteiger partial charge >= 0.3 is 0 Å². The lowest BCUT2D eigenvalue weighted by molar-refractivity contribution is 0.483. The van der Waals surface area contributed by atoms with E-state index in [-0.39, 0.29) is 5.75 Å². The molecule has 0 saturated carbocycles. The highest BCUT2D eigenvalue weighted by atomic mass is 32.2. The molecular weight excluding hydrogens is 236 g/mol. The van der Waals surface area contributed by atoms with E-state index in [9.17, 15) is 8.42 Å². The van der Waals surface area contributed by atoms with Gasteiger partial charge in [-0.1, -0.05) is 57.6 Å². The predicted molar refractivity (Wildman–Crippen MR) is 72.8 cm³/mol. The van der Waals surface area contributed by atoms with Crippen LogP contribution in [-0.2, 0) is 10.1 Å². The summed E-state index contributed by atoms with van der Waals surface area (Å²) in [6.45, 7) is 2.22. The fraction of sp³-hybridized carbons (Fsp3) is 0.846. The van der Waals surface area contributed by atoms with E-state index in [4.69, 9.17) is 4.55 Å². The summed E-state index contributed by atoms with van der Waals surface area (Å²) in [5.41, 5.74) is 0. The minimum absolute atomic E-state index is 0.166. The van der Waals surface area contributed by atoms with Gasteiger partial charge in [0.2, 0.25) is 0 Å². The van der Waals surface area contributed by atoms with Gasteiger partial charge in [-0.3, -0.25) is 4.55 Å². The number of allylic oxidation sites excluding steroid dienone is 2. The highest BCUT2D eigenvalue weighted by Crippen LogP contribution is 2.08. The Bertz CT molecular complexity index is 281. The van der Waals surface area contributed by atoms with Crippen molar-refractivity contribution >= 4 is 10.1 Å². The molecule has 102 valence electrons. The van der Waals surface area contributed by atoms with Gasteiger partial charge in [0.05, 0.1) is 5.75 Å². The summed E-state index contributed by atoms with van der Waals surface area (Å²) in [5.74, 6) is -0.166. The largest absolute Gasteiger partial charge is 0.286 e. The summed E-state index contributed by atoms with van der Waals surface area (Å²) in [5, 5.41) is 0. The maximum absolute atomic E-state index is 10.4. The molecule has 0 aromatic carbocycles. The van der Waals surface area contributed by atoms with E-state index in [1.165, 1.54) is 44.9 Å². The summed E-state index contributed by atoms with van der Waals surface area (Å²) < 4.78 is 29.3. The molecule has 0 radical (unpaired) electrons. The van der Waals surface area contributed by atoms with Crippen molar-refractivity contribution in [2.45, 2.75) is 64.7 Å². The Hall–Kier alpha value is -0.350. The maximum atomic E-state index is 10.4. The van der Waals surface area contributed by atoms with Crippen LogP contribution in [0.1, 0.15) is 64.7 Å². The number of rotatable bonds is 11. The van der Waals surface area contributed by atoms with Gasteiger partial charge in [0.15, 0.2) is 0 Å². The first-order valence-electron chi connectivity index (χ1n) is 6.66. The van der Waals surface area contributed by atoms with Crippen molar-refractivity contribution in [2.24, 2.45) is 0 Å². The Morgan fingerprint density at radius 3 is 2.00 bits per heavy atom. The van der Waals surface area contributed by atoms with Gasteiger partial charge in [0.25, 0.3) is 10.1 Å². The van der Waals surface area contributed by atoms with Crippen molar-refractivity contribution in [1.82, 2.24) is 0 Å². The Morgan fingerprint density at radius 2 is 1.41 bits per heavy atom. The lowest BCUT2D eigenvalue weighted by atomic mass is 10.1. The van der Waals surface area contributed by atoms with E-state index in [1.807, 2.05) is 12.2 Å². The molecule has 0 bridgehead atoms. The van der Waals surface area contributed by atoms with Crippen LogP contribution >= 0.6 is 0 Å². The zero-order chi connectivity index (χ0) is 13.0. The molecular formula is C13H26O3S. The van der Waals surface area contributed by atoms with Crippen LogP contribution < -0.4 is 0 Å². The molecule has 0 aliphatic carbocycles. The quantitative estimate of drug-likeness (QED) is 0.348. The van der Waals surface area contributed by atoms with Crippen LogP contribution in [0, 0.1) is 0 Å².